The third-order valence-corrected chi connectivity index (χ3v) is 6.41. The Kier molecular flexibility index (Phi) is 7.14. The maximum absolute atomic E-state index is 13.0. The van der Waals surface area contributed by atoms with Crippen LogP contribution in [-0.2, 0) is 0 Å². The second kappa shape index (κ2) is 11.0. The summed E-state index contributed by atoms with van der Waals surface area (Å²) in [5, 5.41) is 0. The van der Waals surface area contributed by atoms with Crippen molar-refractivity contribution < 1.29 is 19.1 Å². The molecule has 0 aliphatic heterocycles. The largest absolute Gasteiger partial charge is 0.423 e. The third kappa shape index (κ3) is 5.40. The second-order valence-electron chi connectivity index (χ2n) is 9.00. The molecule has 0 aliphatic carbocycles. The molecule has 5 rings (SSSR count). The van der Waals surface area contributed by atoms with E-state index in [1.54, 1.807) is 48.5 Å². The van der Waals surface area contributed by atoms with E-state index in [0.717, 1.165) is 33.4 Å². The lowest BCUT2D eigenvalue weighted by Crippen LogP contribution is -2.17. The van der Waals surface area contributed by atoms with Crippen LogP contribution in [-0.4, -0.2) is 11.9 Å². The number of rotatable bonds is 6. The minimum absolute atomic E-state index is 0.136. The predicted molar refractivity (Wildman–Crippen MR) is 150 cm³/mol. The van der Waals surface area contributed by atoms with Gasteiger partial charge in [-0.15, -0.1) is 0 Å². The van der Waals surface area contributed by atoms with E-state index in [1.807, 2.05) is 48.5 Å². The highest BCUT2D eigenvalue weighted by Crippen LogP contribution is 2.27. The predicted octanol–water partition coefficient (Wildman–Crippen LogP) is 8.08. The number of esters is 2. The van der Waals surface area contributed by atoms with Crippen LogP contribution in [0.2, 0.25) is 0 Å². The Morgan fingerprint density at radius 1 is 0.447 bits per heavy atom. The molecule has 0 unspecified atom stereocenters. The highest BCUT2D eigenvalue weighted by molar-refractivity contribution is 6.04. The Labute approximate surface area is 222 Å². The number of benzene rings is 5. The first-order valence-corrected chi connectivity index (χ1v) is 12.3. The lowest BCUT2D eigenvalue weighted by atomic mass is 10.0. The van der Waals surface area contributed by atoms with Crippen molar-refractivity contribution in [2.45, 2.75) is 13.8 Å². The lowest BCUT2D eigenvalue weighted by Gasteiger charge is -2.11. The van der Waals surface area contributed by atoms with Gasteiger partial charge in [0.25, 0.3) is 0 Å². The molecule has 5 aromatic rings. The molecule has 0 fully saturated rings. The van der Waals surface area contributed by atoms with Crippen LogP contribution in [0.4, 0.5) is 0 Å². The summed E-state index contributed by atoms with van der Waals surface area (Å²) >= 11 is 0. The summed E-state index contributed by atoms with van der Waals surface area (Å²) in [5.41, 5.74) is 6.88. The van der Waals surface area contributed by atoms with E-state index in [4.69, 9.17) is 9.47 Å². The van der Waals surface area contributed by atoms with Gasteiger partial charge in [-0.05, 0) is 83.6 Å². The van der Waals surface area contributed by atoms with Crippen LogP contribution in [0.25, 0.3) is 22.3 Å². The molecule has 186 valence electrons. The van der Waals surface area contributed by atoms with Gasteiger partial charge in [0, 0.05) is 0 Å². The molecular formula is C34H26O4. The highest BCUT2D eigenvalue weighted by Gasteiger charge is 2.20. The van der Waals surface area contributed by atoms with Crippen molar-refractivity contribution in [2.75, 3.05) is 0 Å². The summed E-state index contributed by atoms with van der Waals surface area (Å²) in [7, 11) is 0. The Morgan fingerprint density at radius 2 is 0.789 bits per heavy atom. The smallest absolute Gasteiger partial charge is 0.344 e. The van der Waals surface area contributed by atoms with Gasteiger partial charge in [0.05, 0.1) is 11.1 Å². The van der Waals surface area contributed by atoms with Crippen LogP contribution >= 0.6 is 0 Å². The number of ether oxygens (including phenoxy) is 2. The number of carbonyl (C=O) groups excluding carboxylic acids is 2. The quantitative estimate of drug-likeness (QED) is 0.175. The van der Waals surface area contributed by atoms with Gasteiger partial charge in [-0.1, -0.05) is 84.9 Å². The van der Waals surface area contributed by atoms with Crippen molar-refractivity contribution in [3.63, 3.8) is 0 Å². The normalized spacial score (nSPS) is 10.6. The summed E-state index contributed by atoms with van der Waals surface area (Å²) in [6.45, 7) is 4.11. The van der Waals surface area contributed by atoms with Gasteiger partial charge in [0.15, 0.2) is 0 Å². The van der Waals surface area contributed by atoms with Crippen molar-refractivity contribution in [3.05, 3.63) is 144 Å². The summed E-state index contributed by atoms with van der Waals surface area (Å²) in [5.74, 6) is -0.475. The van der Waals surface area contributed by atoms with Crippen LogP contribution in [0, 0.1) is 13.8 Å². The van der Waals surface area contributed by atoms with E-state index in [2.05, 4.69) is 38.1 Å². The average Bonchev–Trinajstić information content (AvgIpc) is 2.94. The standard InChI is InChI=1S/C34H26O4/c1-23-9-3-5-11-29(23)25-15-19-27(20-16-25)37-33(35)31-13-7-8-14-32(31)34(36)38-28-21-17-26(18-22-28)30-12-6-4-10-24(30)2/h3-22H,1-2H3. The molecule has 0 amide bonds. The lowest BCUT2D eigenvalue weighted by molar-refractivity contribution is 0.0692. The number of carbonyl (C=O) groups is 2. The molecule has 0 saturated carbocycles. The molecule has 0 aromatic heterocycles. The third-order valence-electron chi connectivity index (χ3n) is 6.41. The van der Waals surface area contributed by atoms with Gasteiger partial charge in [-0.3, -0.25) is 0 Å². The Hall–Kier alpha value is -4.96. The van der Waals surface area contributed by atoms with Crippen LogP contribution in [0.1, 0.15) is 31.8 Å². The van der Waals surface area contributed by atoms with Crippen molar-refractivity contribution in [2.24, 2.45) is 0 Å². The molecule has 5 aromatic carbocycles. The van der Waals surface area contributed by atoms with E-state index in [0.29, 0.717) is 11.5 Å². The minimum Gasteiger partial charge on any atom is -0.423 e. The highest BCUT2D eigenvalue weighted by atomic mass is 16.5. The van der Waals surface area contributed by atoms with Gasteiger partial charge in [0.2, 0.25) is 0 Å². The molecule has 4 heteroatoms. The monoisotopic (exact) mass is 498 g/mol. The number of aryl methyl sites for hydroxylation is 2. The minimum atomic E-state index is -0.629. The molecular weight excluding hydrogens is 472 g/mol. The maximum Gasteiger partial charge on any atom is 0.344 e. The first kappa shape index (κ1) is 24.7. The van der Waals surface area contributed by atoms with E-state index in [-0.39, 0.29) is 11.1 Å². The summed E-state index contributed by atoms with van der Waals surface area (Å²) in [6, 6.07) is 37.3. The summed E-state index contributed by atoms with van der Waals surface area (Å²) < 4.78 is 11.2. The molecule has 0 bridgehead atoms. The fraction of sp³-hybridized carbons (Fsp3) is 0.0588. The SMILES string of the molecule is Cc1ccccc1-c1ccc(OC(=O)c2ccccc2C(=O)Oc2ccc(-c3ccccc3C)cc2)cc1. The van der Waals surface area contributed by atoms with E-state index in [9.17, 15) is 9.59 Å². The molecule has 0 aliphatic rings. The van der Waals surface area contributed by atoms with Gasteiger partial charge in [0.1, 0.15) is 11.5 Å². The van der Waals surface area contributed by atoms with Crippen molar-refractivity contribution in [3.8, 4) is 33.8 Å². The van der Waals surface area contributed by atoms with Gasteiger partial charge in [-0.25, -0.2) is 9.59 Å². The number of hydrogen-bond donors (Lipinski definition) is 0. The average molecular weight is 499 g/mol. The van der Waals surface area contributed by atoms with E-state index in [1.165, 1.54) is 0 Å². The molecule has 0 saturated heterocycles. The van der Waals surface area contributed by atoms with Crippen molar-refractivity contribution >= 4 is 11.9 Å². The molecule has 0 atom stereocenters. The Balaban J connectivity index is 1.30. The summed E-state index contributed by atoms with van der Waals surface area (Å²) in [4.78, 5) is 26.0. The molecule has 0 heterocycles. The first-order chi connectivity index (χ1) is 18.5. The Morgan fingerprint density at radius 3 is 1.16 bits per heavy atom. The van der Waals surface area contributed by atoms with Crippen molar-refractivity contribution in [1.29, 1.82) is 0 Å². The van der Waals surface area contributed by atoms with Gasteiger partial charge < -0.3 is 9.47 Å². The number of hydrogen-bond acceptors (Lipinski definition) is 4. The topological polar surface area (TPSA) is 52.6 Å². The second-order valence-corrected chi connectivity index (χ2v) is 9.00. The van der Waals surface area contributed by atoms with Crippen LogP contribution in [0.5, 0.6) is 11.5 Å². The van der Waals surface area contributed by atoms with E-state index >= 15 is 0 Å². The molecule has 0 radical (unpaired) electrons. The fourth-order valence-corrected chi connectivity index (χ4v) is 4.36. The molecule has 4 nitrogen and oxygen atoms in total. The van der Waals surface area contributed by atoms with Crippen molar-refractivity contribution in [1.82, 2.24) is 0 Å². The first-order valence-electron chi connectivity index (χ1n) is 12.3. The fourth-order valence-electron chi connectivity index (χ4n) is 4.36. The van der Waals surface area contributed by atoms with E-state index < -0.39 is 11.9 Å². The zero-order valence-electron chi connectivity index (χ0n) is 21.2. The van der Waals surface area contributed by atoms with Crippen LogP contribution < -0.4 is 9.47 Å². The molecule has 38 heavy (non-hydrogen) atoms. The van der Waals surface area contributed by atoms with Gasteiger partial charge >= 0.3 is 11.9 Å². The zero-order chi connectivity index (χ0) is 26.5. The molecule has 0 spiro atoms. The summed E-state index contributed by atoms with van der Waals surface area (Å²) in [6.07, 6.45) is 0. The maximum atomic E-state index is 13.0. The zero-order valence-corrected chi connectivity index (χ0v) is 21.2. The molecule has 0 N–H and O–H groups in total. The van der Waals surface area contributed by atoms with Crippen LogP contribution in [0.15, 0.2) is 121 Å². The van der Waals surface area contributed by atoms with Gasteiger partial charge in [-0.2, -0.15) is 0 Å². The Bertz CT molecular complexity index is 1480. The van der Waals surface area contributed by atoms with Crippen LogP contribution in [0.3, 0.4) is 0 Å².